The van der Waals surface area contributed by atoms with Crippen LogP contribution in [0.5, 0.6) is 5.88 Å². The highest BCUT2D eigenvalue weighted by molar-refractivity contribution is 5.68. The lowest BCUT2D eigenvalue weighted by Crippen LogP contribution is -2.38. The van der Waals surface area contributed by atoms with Gasteiger partial charge in [-0.3, -0.25) is 0 Å². The van der Waals surface area contributed by atoms with Gasteiger partial charge < -0.3 is 20.5 Å². The first kappa shape index (κ1) is 18.7. The van der Waals surface area contributed by atoms with E-state index in [1.165, 1.54) is 7.11 Å². The van der Waals surface area contributed by atoms with Gasteiger partial charge in [0.2, 0.25) is 11.8 Å². The lowest BCUT2D eigenvalue weighted by Gasteiger charge is -2.22. The molecule has 0 saturated carbocycles. The van der Waals surface area contributed by atoms with Gasteiger partial charge in [0.1, 0.15) is 5.60 Å². The minimum atomic E-state index is -0.507. The monoisotopic (exact) mass is 322 g/mol. The summed E-state index contributed by atoms with van der Waals surface area (Å²) in [6.45, 7) is 7.51. The fourth-order valence-corrected chi connectivity index (χ4v) is 1.83. The van der Waals surface area contributed by atoms with Crippen LogP contribution in [-0.4, -0.2) is 34.8 Å². The van der Waals surface area contributed by atoms with Gasteiger partial charge in [0.15, 0.2) is 0 Å². The molecule has 23 heavy (non-hydrogen) atoms. The van der Waals surface area contributed by atoms with Gasteiger partial charge in [-0.25, -0.2) is 9.78 Å². The SMILES string of the molecule is CC[C@@H](C/C=C/c1cnc(N)nc1OC)NC(=O)OC(C)(C)C. The largest absolute Gasteiger partial charge is 0.480 e. The van der Waals surface area contributed by atoms with Crippen molar-refractivity contribution in [2.24, 2.45) is 0 Å². The molecule has 0 saturated heterocycles. The van der Waals surface area contributed by atoms with E-state index in [0.29, 0.717) is 12.3 Å². The number of ether oxygens (including phenoxy) is 2. The number of nitrogens with zero attached hydrogens (tertiary/aromatic N) is 2. The summed E-state index contributed by atoms with van der Waals surface area (Å²) >= 11 is 0. The normalized spacial score (nSPS) is 12.9. The summed E-state index contributed by atoms with van der Waals surface area (Å²) in [6, 6.07) is -0.0122. The van der Waals surface area contributed by atoms with Crippen LogP contribution < -0.4 is 15.8 Å². The number of nitrogens with two attached hydrogens (primary N) is 1. The molecule has 7 heteroatoms. The molecular weight excluding hydrogens is 296 g/mol. The van der Waals surface area contributed by atoms with E-state index in [4.69, 9.17) is 15.2 Å². The van der Waals surface area contributed by atoms with Gasteiger partial charge in [-0.05, 0) is 33.6 Å². The summed E-state index contributed by atoms with van der Waals surface area (Å²) in [4.78, 5) is 19.7. The molecule has 0 aliphatic rings. The number of nitrogens with one attached hydrogen (secondary N) is 1. The molecule has 0 unspecified atom stereocenters. The Morgan fingerprint density at radius 1 is 1.48 bits per heavy atom. The molecule has 1 atom stereocenters. The van der Waals surface area contributed by atoms with Crippen LogP contribution in [0.1, 0.15) is 46.1 Å². The Kier molecular flexibility index (Phi) is 6.81. The maximum atomic E-state index is 11.8. The van der Waals surface area contributed by atoms with Gasteiger partial charge in [0.05, 0.1) is 12.7 Å². The van der Waals surface area contributed by atoms with E-state index < -0.39 is 11.7 Å². The Balaban J connectivity index is 2.62. The first-order valence-electron chi connectivity index (χ1n) is 7.57. The zero-order valence-corrected chi connectivity index (χ0v) is 14.4. The molecule has 0 aliphatic heterocycles. The van der Waals surface area contributed by atoms with E-state index in [1.54, 1.807) is 6.20 Å². The Morgan fingerprint density at radius 2 is 2.17 bits per heavy atom. The molecule has 0 aromatic carbocycles. The highest BCUT2D eigenvalue weighted by Gasteiger charge is 2.18. The Bertz CT molecular complexity index is 553. The number of amides is 1. The molecule has 7 nitrogen and oxygen atoms in total. The molecule has 0 bridgehead atoms. The van der Waals surface area contributed by atoms with Crippen LogP contribution >= 0.6 is 0 Å². The molecule has 0 radical (unpaired) electrons. The highest BCUT2D eigenvalue weighted by Crippen LogP contribution is 2.17. The molecule has 0 fully saturated rings. The predicted molar refractivity (Wildman–Crippen MR) is 90.1 cm³/mol. The van der Waals surface area contributed by atoms with E-state index in [9.17, 15) is 4.79 Å². The van der Waals surface area contributed by atoms with E-state index in [-0.39, 0.29) is 12.0 Å². The smallest absolute Gasteiger partial charge is 0.407 e. The quantitative estimate of drug-likeness (QED) is 0.835. The van der Waals surface area contributed by atoms with Crippen molar-refractivity contribution in [3.8, 4) is 5.88 Å². The van der Waals surface area contributed by atoms with E-state index >= 15 is 0 Å². The fourth-order valence-electron chi connectivity index (χ4n) is 1.83. The molecule has 0 aliphatic carbocycles. The number of hydrogen-bond acceptors (Lipinski definition) is 6. The molecule has 1 amide bonds. The second-order valence-electron chi connectivity index (χ2n) is 6.08. The molecule has 0 spiro atoms. The topological polar surface area (TPSA) is 99.4 Å². The first-order valence-corrected chi connectivity index (χ1v) is 7.57. The second kappa shape index (κ2) is 8.36. The third-order valence-electron chi connectivity index (χ3n) is 2.92. The van der Waals surface area contributed by atoms with Crippen LogP contribution in [0.25, 0.3) is 6.08 Å². The number of rotatable bonds is 6. The van der Waals surface area contributed by atoms with E-state index in [2.05, 4.69) is 15.3 Å². The molecule has 1 aromatic heterocycles. The number of nitrogen functional groups attached to an aromatic ring is 1. The van der Waals surface area contributed by atoms with E-state index in [1.807, 2.05) is 39.8 Å². The molecule has 128 valence electrons. The average Bonchev–Trinajstić information content (AvgIpc) is 2.45. The Morgan fingerprint density at radius 3 is 2.74 bits per heavy atom. The fraction of sp³-hybridized carbons (Fsp3) is 0.562. The molecular formula is C16H26N4O3. The van der Waals surface area contributed by atoms with Gasteiger partial charge in [-0.1, -0.05) is 19.1 Å². The third kappa shape index (κ3) is 6.99. The standard InChI is InChI=1S/C16H26N4O3/c1-6-12(19-15(21)23-16(2,3)4)9-7-8-11-10-18-14(17)20-13(11)22-5/h7-8,10,12H,6,9H2,1-5H3,(H,19,21)(H2,17,18,20)/b8-7+/t12-/m0/s1. The van der Waals surface area contributed by atoms with Crippen molar-refractivity contribution in [1.82, 2.24) is 15.3 Å². The summed E-state index contributed by atoms with van der Waals surface area (Å²) in [6.07, 6.45) is 6.41. The van der Waals surface area contributed by atoms with Gasteiger partial charge >= 0.3 is 6.09 Å². The lowest BCUT2D eigenvalue weighted by atomic mass is 10.1. The number of anilines is 1. The number of carbonyl (C=O) groups excluding carboxylic acids is 1. The van der Waals surface area contributed by atoms with Crippen molar-refractivity contribution in [3.05, 3.63) is 17.8 Å². The van der Waals surface area contributed by atoms with Crippen LogP contribution in [0.15, 0.2) is 12.3 Å². The average molecular weight is 322 g/mol. The van der Waals surface area contributed by atoms with Crippen molar-refractivity contribution in [2.45, 2.75) is 52.2 Å². The minimum absolute atomic E-state index is 0.0122. The van der Waals surface area contributed by atoms with Gasteiger partial charge in [0, 0.05) is 12.2 Å². The number of carbonyl (C=O) groups is 1. The summed E-state index contributed by atoms with van der Waals surface area (Å²) in [5, 5.41) is 2.85. The van der Waals surface area contributed by atoms with Gasteiger partial charge in [0.25, 0.3) is 0 Å². The third-order valence-corrected chi connectivity index (χ3v) is 2.92. The minimum Gasteiger partial charge on any atom is -0.480 e. The van der Waals surface area contributed by atoms with E-state index in [0.717, 1.165) is 12.0 Å². The molecule has 1 aromatic rings. The molecule has 1 heterocycles. The zero-order chi connectivity index (χ0) is 17.5. The van der Waals surface area contributed by atoms with Crippen molar-refractivity contribution in [1.29, 1.82) is 0 Å². The number of methoxy groups -OCH3 is 1. The second-order valence-corrected chi connectivity index (χ2v) is 6.08. The highest BCUT2D eigenvalue weighted by atomic mass is 16.6. The predicted octanol–water partition coefficient (Wildman–Crippen LogP) is 2.77. The van der Waals surface area contributed by atoms with Crippen molar-refractivity contribution in [2.75, 3.05) is 12.8 Å². The van der Waals surface area contributed by atoms with Crippen molar-refractivity contribution < 1.29 is 14.3 Å². The van der Waals surface area contributed by atoms with Gasteiger partial charge in [-0.15, -0.1) is 0 Å². The maximum absolute atomic E-state index is 11.8. The zero-order valence-electron chi connectivity index (χ0n) is 14.4. The van der Waals surface area contributed by atoms with Crippen LogP contribution in [0.4, 0.5) is 10.7 Å². The maximum Gasteiger partial charge on any atom is 0.407 e. The Hall–Kier alpha value is -2.31. The van der Waals surface area contributed by atoms with Crippen LogP contribution in [-0.2, 0) is 4.74 Å². The summed E-state index contributed by atoms with van der Waals surface area (Å²) in [5.74, 6) is 0.582. The molecule has 1 rings (SSSR count). The van der Waals surface area contributed by atoms with Gasteiger partial charge in [-0.2, -0.15) is 4.98 Å². The summed E-state index contributed by atoms with van der Waals surface area (Å²) in [7, 11) is 1.53. The lowest BCUT2D eigenvalue weighted by molar-refractivity contribution is 0.0503. The van der Waals surface area contributed by atoms with Crippen LogP contribution in [0.2, 0.25) is 0 Å². The first-order chi connectivity index (χ1) is 10.7. The van der Waals surface area contributed by atoms with Crippen LogP contribution in [0, 0.1) is 0 Å². The van der Waals surface area contributed by atoms with Crippen LogP contribution in [0.3, 0.4) is 0 Å². The number of alkyl carbamates (subject to hydrolysis) is 1. The van der Waals surface area contributed by atoms with Crippen molar-refractivity contribution >= 4 is 18.1 Å². The molecule has 3 N–H and O–H groups in total. The summed E-state index contributed by atoms with van der Waals surface area (Å²) < 4.78 is 10.4. The number of hydrogen-bond donors (Lipinski definition) is 2. The summed E-state index contributed by atoms with van der Waals surface area (Å²) in [5.41, 5.74) is 5.74. The Labute approximate surface area is 137 Å². The number of aromatic nitrogens is 2. The van der Waals surface area contributed by atoms with Crippen molar-refractivity contribution in [3.63, 3.8) is 0 Å².